The van der Waals surface area contributed by atoms with Gasteiger partial charge in [0, 0.05) is 12.0 Å². The maximum absolute atomic E-state index is 12.0. The lowest BCUT2D eigenvalue weighted by molar-refractivity contribution is 0.0981. The molecule has 0 fully saturated rings. The van der Waals surface area contributed by atoms with Gasteiger partial charge < -0.3 is 4.74 Å². The quantitative estimate of drug-likeness (QED) is 0.658. The molecule has 0 spiro atoms. The fraction of sp³-hybridized carbons (Fsp3) is 0.588. The van der Waals surface area contributed by atoms with Crippen LogP contribution >= 0.6 is 0 Å². The van der Waals surface area contributed by atoms with Gasteiger partial charge in [0.15, 0.2) is 5.78 Å². The van der Waals surface area contributed by atoms with Crippen LogP contribution in [-0.2, 0) is 0 Å². The van der Waals surface area contributed by atoms with Crippen molar-refractivity contribution in [1.82, 2.24) is 0 Å². The van der Waals surface area contributed by atoms with Crippen molar-refractivity contribution in [3.05, 3.63) is 29.3 Å². The average Bonchev–Trinajstić information content (AvgIpc) is 2.36. The molecule has 0 saturated carbocycles. The minimum absolute atomic E-state index is 0.222. The third kappa shape index (κ3) is 4.70. The minimum atomic E-state index is 0.222. The van der Waals surface area contributed by atoms with Crippen molar-refractivity contribution in [3.63, 3.8) is 0 Å². The van der Waals surface area contributed by atoms with E-state index < -0.39 is 0 Å². The summed E-state index contributed by atoms with van der Waals surface area (Å²) in [5.74, 6) is 1.99. The Morgan fingerprint density at radius 2 is 1.89 bits per heavy atom. The zero-order valence-corrected chi connectivity index (χ0v) is 12.8. The molecule has 2 heteroatoms. The second-order valence-corrected chi connectivity index (χ2v) is 5.79. The first-order valence-corrected chi connectivity index (χ1v) is 7.25. The topological polar surface area (TPSA) is 26.3 Å². The van der Waals surface area contributed by atoms with Crippen LogP contribution in [0.3, 0.4) is 0 Å². The summed E-state index contributed by atoms with van der Waals surface area (Å²) in [6.45, 7) is 11.3. The van der Waals surface area contributed by atoms with Crippen molar-refractivity contribution < 1.29 is 9.53 Å². The van der Waals surface area contributed by atoms with Crippen LogP contribution in [0, 0.1) is 5.92 Å². The molecule has 2 nitrogen and oxygen atoms in total. The van der Waals surface area contributed by atoms with Gasteiger partial charge in [0.25, 0.3) is 0 Å². The van der Waals surface area contributed by atoms with Gasteiger partial charge in [-0.05, 0) is 42.0 Å². The maximum atomic E-state index is 12.0. The molecular weight excluding hydrogens is 236 g/mol. The fourth-order valence-electron chi connectivity index (χ4n) is 1.93. The predicted octanol–water partition coefficient (Wildman–Crippen LogP) is 4.83. The van der Waals surface area contributed by atoms with E-state index in [2.05, 4.69) is 27.7 Å². The van der Waals surface area contributed by atoms with E-state index in [1.54, 1.807) is 0 Å². The van der Waals surface area contributed by atoms with Gasteiger partial charge in [-0.3, -0.25) is 4.79 Å². The van der Waals surface area contributed by atoms with Crippen molar-refractivity contribution in [3.8, 4) is 5.75 Å². The Kier molecular flexibility index (Phi) is 6.07. The summed E-state index contributed by atoms with van der Waals surface area (Å²) < 4.78 is 5.84. The van der Waals surface area contributed by atoms with Crippen molar-refractivity contribution in [2.24, 2.45) is 5.92 Å². The second-order valence-electron chi connectivity index (χ2n) is 5.79. The molecule has 0 aliphatic rings. The second kappa shape index (κ2) is 7.32. The summed E-state index contributed by atoms with van der Waals surface area (Å²) in [7, 11) is 0. The molecule has 0 unspecified atom stereocenters. The fourth-order valence-corrected chi connectivity index (χ4v) is 1.93. The lowest BCUT2D eigenvalue weighted by atomic mass is 9.97. The Morgan fingerprint density at radius 3 is 2.42 bits per heavy atom. The van der Waals surface area contributed by atoms with E-state index in [1.807, 2.05) is 25.1 Å². The molecule has 0 aromatic heterocycles. The number of rotatable bonds is 7. The van der Waals surface area contributed by atoms with E-state index in [-0.39, 0.29) is 5.78 Å². The molecule has 0 aliphatic carbocycles. The molecule has 1 rings (SSSR count). The highest BCUT2D eigenvalue weighted by Crippen LogP contribution is 2.28. The Hall–Kier alpha value is -1.31. The van der Waals surface area contributed by atoms with Gasteiger partial charge >= 0.3 is 0 Å². The third-order valence-corrected chi connectivity index (χ3v) is 3.00. The Bertz CT molecular complexity index is 419. The Morgan fingerprint density at radius 1 is 1.21 bits per heavy atom. The first-order valence-electron chi connectivity index (χ1n) is 7.25. The number of carbonyl (C=O) groups is 1. The molecule has 0 radical (unpaired) electrons. The number of hydrogen-bond donors (Lipinski definition) is 0. The van der Waals surface area contributed by atoms with Crippen LogP contribution in [0.1, 0.15) is 69.3 Å². The first-order chi connectivity index (χ1) is 8.95. The smallest absolute Gasteiger partial charge is 0.162 e. The molecule has 0 bridgehead atoms. The Labute approximate surface area is 117 Å². The number of ketones is 1. The third-order valence-electron chi connectivity index (χ3n) is 3.00. The van der Waals surface area contributed by atoms with Crippen LogP contribution < -0.4 is 4.74 Å². The van der Waals surface area contributed by atoms with Crippen molar-refractivity contribution in [1.29, 1.82) is 0 Å². The summed E-state index contributed by atoms with van der Waals surface area (Å²) in [5.41, 5.74) is 1.94. The number of hydrogen-bond acceptors (Lipinski definition) is 2. The van der Waals surface area contributed by atoms with E-state index >= 15 is 0 Å². The monoisotopic (exact) mass is 262 g/mol. The summed E-state index contributed by atoms with van der Waals surface area (Å²) in [5, 5.41) is 0. The summed E-state index contributed by atoms with van der Waals surface area (Å²) in [6.07, 6.45) is 1.51. The van der Waals surface area contributed by atoms with E-state index in [9.17, 15) is 4.79 Å². The van der Waals surface area contributed by atoms with Gasteiger partial charge in [-0.25, -0.2) is 0 Å². The lowest BCUT2D eigenvalue weighted by Gasteiger charge is -2.16. The zero-order valence-electron chi connectivity index (χ0n) is 12.8. The first kappa shape index (κ1) is 15.7. The van der Waals surface area contributed by atoms with Crippen LogP contribution in [0.15, 0.2) is 18.2 Å². The molecule has 19 heavy (non-hydrogen) atoms. The van der Waals surface area contributed by atoms with Crippen LogP contribution in [0.5, 0.6) is 5.75 Å². The molecule has 0 heterocycles. The number of Topliss-reactive ketones (excluding diaryl/α,β-unsaturated/α-hetero) is 1. The van der Waals surface area contributed by atoms with Crippen molar-refractivity contribution in [2.75, 3.05) is 6.61 Å². The molecule has 0 saturated heterocycles. The molecular formula is C17H26O2. The highest BCUT2D eigenvalue weighted by Gasteiger charge is 2.13. The normalized spacial score (nSPS) is 11.1. The van der Waals surface area contributed by atoms with Crippen LogP contribution in [0.4, 0.5) is 0 Å². The summed E-state index contributed by atoms with van der Waals surface area (Å²) >= 11 is 0. The van der Waals surface area contributed by atoms with Gasteiger partial charge in [0.2, 0.25) is 0 Å². The standard InChI is InChI=1S/C17H26O2/c1-6-7-16(18)14-8-9-17(19-11-12(2)3)15(10-14)13(4)5/h8-10,12-13H,6-7,11H2,1-5H3. The molecule has 0 amide bonds. The molecule has 0 aliphatic heterocycles. The van der Waals surface area contributed by atoms with Gasteiger partial charge in [0.05, 0.1) is 6.61 Å². The van der Waals surface area contributed by atoms with E-state index in [0.717, 1.165) is 23.3 Å². The summed E-state index contributed by atoms with van der Waals surface area (Å²) in [6, 6.07) is 5.83. The number of ether oxygens (including phenoxy) is 1. The van der Waals surface area contributed by atoms with Crippen LogP contribution in [0.2, 0.25) is 0 Å². The molecule has 1 aromatic carbocycles. The van der Waals surface area contributed by atoms with Gasteiger partial charge in [-0.1, -0.05) is 34.6 Å². The number of benzene rings is 1. The van der Waals surface area contributed by atoms with Gasteiger partial charge in [-0.2, -0.15) is 0 Å². The molecule has 0 atom stereocenters. The van der Waals surface area contributed by atoms with Gasteiger partial charge in [0.1, 0.15) is 5.75 Å². The van der Waals surface area contributed by atoms with E-state index in [0.29, 0.717) is 24.9 Å². The molecule has 0 N–H and O–H groups in total. The van der Waals surface area contributed by atoms with E-state index in [4.69, 9.17) is 4.74 Å². The average molecular weight is 262 g/mol. The minimum Gasteiger partial charge on any atom is -0.493 e. The zero-order chi connectivity index (χ0) is 14.4. The molecule has 106 valence electrons. The van der Waals surface area contributed by atoms with E-state index in [1.165, 1.54) is 0 Å². The Balaban J connectivity index is 2.97. The highest BCUT2D eigenvalue weighted by atomic mass is 16.5. The van der Waals surface area contributed by atoms with Gasteiger partial charge in [-0.15, -0.1) is 0 Å². The SMILES string of the molecule is CCCC(=O)c1ccc(OCC(C)C)c(C(C)C)c1. The van der Waals surface area contributed by atoms with Crippen LogP contribution in [0.25, 0.3) is 0 Å². The predicted molar refractivity (Wildman–Crippen MR) is 80.1 cm³/mol. The largest absolute Gasteiger partial charge is 0.493 e. The van der Waals surface area contributed by atoms with Crippen LogP contribution in [-0.4, -0.2) is 12.4 Å². The maximum Gasteiger partial charge on any atom is 0.162 e. The molecule has 1 aromatic rings. The number of carbonyl (C=O) groups excluding carboxylic acids is 1. The lowest BCUT2D eigenvalue weighted by Crippen LogP contribution is -2.08. The highest BCUT2D eigenvalue weighted by molar-refractivity contribution is 5.96. The summed E-state index contributed by atoms with van der Waals surface area (Å²) in [4.78, 5) is 12.0. The van der Waals surface area contributed by atoms with Crippen molar-refractivity contribution >= 4 is 5.78 Å². The van der Waals surface area contributed by atoms with Crippen molar-refractivity contribution in [2.45, 2.75) is 53.4 Å².